The highest BCUT2D eigenvalue weighted by Crippen LogP contribution is 2.36. The zero-order chi connectivity index (χ0) is 29.0. The van der Waals surface area contributed by atoms with Crippen molar-refractivity contribution in [2.75, 3.05) is 43.5 Å². The Labute approximate surface area is 237 Å². The fourth-order valence-corrected chi connectivity index (χ4v) is 4.21. The van der Waals surface area contributed by atoms with E-state index >= 15 is 0 Å². The number of fused-ring (bicyclic) bond motifs is 1. The Morgan fingerprint density at radius 2 is 1.83 bits per heavy atom. The number of nitrogens with two attached hydrogens (primary N) is 1. The molecule has 0 saturated heterocycles. The number of carbonyl (C=O) groups excluding carboxylic acids is 2. The minimum absolute atomic E-state index is 0.0640. The van der Waals surface area contributed by atoms with Gasteiger partial charge >= 0.3 is 6.09 Å². The third kappa shape index (κ3) is 8.13. The summed E-state index contributed by atoms with van der Waals surface area (Å²) in [7, 11) is 1.52. The summed E-state index contributed by atoms with van der Waals surface area (Å²) in [6, 6.07) is 19.1. The number of anilines is 3. The molecule has 4 rings (SSSR count). The number of methoxy groups -OCH3 is 1. The summed E-state index contributed by atoms with van der Waals surface area (Å²) in [4.78, 5) is 25.4. The molecule has 0 fully saturated rings. The molecule has 1 heterocycles. The molecule has 11 heteroatoms. The Balaban J connectivity index is 1.46. The van der Waals surface area contributed by atoms with Crippen LogP contribution in [0, 0.1) is 0 Å². The highest BCUT2D eigenvalue weighted by Gasteiger charge is 2.30. The summed E-state index contributed by atoms with van der Waals surface area (Å²) in [5.74, 6) is 1.23. The third-order valence-electron chi connectivity index (χ3n) is 6.17. The number of rotatable bonds is 13. The van der Waals surface area contributed by atoms with E-state index in [2.05, 4.69) is 10.6 Å². The molecule has 41 heavy (non-hydrogen) atoms. The molecule has 2 atom stereocenters. The number of ether oxygens (including phenoxy) is 5. The summed E-state index contributed by atoms with van der Waals surface area (Å²) >= 11 is 0. The van der Waals surface area contributed by atoms with Crippen LogP contribution in [0.1, 0.15) is 24.5 Å². The number of benzene rings is 3. The fraction of sp³-hybridized carbons (Fsp3) is 0.267. The summed E-state index contributed by atoms with van der Waals surface area (Å²) in [6.07, 6.45) is 1.77. The van der Waals surface area contributed by atoms with Crippen molar-refractivity contribution in [3.63, 3.8) is 0 Å². The first kappa shape index (κ1) is 29.2. The zero-order valence-corrected chi connectivity index (χ0v) is 22.6. The second-order valence-electron chi connectivity index (χ2n) is 8.96. The predicted octanol–water partition coefficient (Wildman–Crippen LogP) is 4.65. The van der Waals surface area contributed by atoms with Crippen LogP contribution in [0.2, 0.25) is 0 Å². The van der Waals surface area contributed by atoms with Gasteiger partial charge in [0.25, 0.3) is 0 Å². The van der Waals surface area contributed by atoms with Gasteiger partial charge in [0.05, 0.1) is 24.1 Å². The molecule has 216 valence electrons. The monoisotopic (exact) mass is 563 g/mol. The molecule has 5 N–H and O–H groups in total. The summed E-state index contributed by atoms with van der Waals surface area (Å²) in [5.41, 5.74) is 7.91. The highest BCUT2D eigenvalue weighted by atomic mass is 16.7. The smallest absolute Gasteiger partial charge is 0.412 e. The predicted molar refractivity (Wildman–Crippen MR) is 153 cm³/mol. The molecule has 0 radical (unpaired) electrons. The quantitative estimate of drug-likeness (QED) is 0.172. The maximum Gasteiger partial charge on any atom is 0.412 e. The average Bonchev–Trinajstić information content (AvgIpc) is 3.45. The summed E-state index contributed by atoms with van der Waals surface area (Å²) in [6.45, 7) is -0.00389. The van der Waals surface area contributed by atoms with E-state index in [4.69, 9.17) is 29.4 Å². The van der Waals surface area contributed by atoms with Gasteiger partial charge in [-0.25, -0.2) is 4.79 Å². The lowest BCUT2D eigenvalue weighted by Gasteiger charge is -2.27. The van der Waals surface area contributed by atoms with E-state index in [9.17, 15) is 14.7 Å². The van der Waals surface area contributed by atoms with Gasteiger partial charge in [-0.15, -0.1) is 0 Å². The van der Waals surface area contributed by atoms with E-state index in [1.807, 2.05) is 0 Å². The minimum Gasteiger partial charge on any atom is -0.491 e. The van der Waals surface area contributed by atoms with Gasteiger partial charge in [-0.05, 0) is 49.2 Å². The fourth-order valence-electron chi connectivity index (χ4n) is 4.21. The summed E-state index contributed by atoms with van der Waals surface area (Å²) in [5, 5.41) is 14.7. The van der Waals surface area contributed by atoms with Crippen molar-refractivity contribution in [2.24, 2.45) is 0 Å². The number of hydrogen-bond donors (Lipinski definition) is 4. The molecule has 0 aromatic heterocycles. The number of allylic oxidation sites excluding steroid dienone is 1. The molecular weight excluding hydrogens is 530 g/mol. The van der Waals surface area contributed by atoms with Gasteiger partial charge in [0.2, 0.25) is 12.7 Å². The number of carbonyl (C=O) groups is 2. The van der Waals surface area contributed by atoms with Crippen LogP contribution < -0.4 is 30.6 Å². The van der Waals surface area contributed by atoms with E-state index in [1.165, 1.54) is 13.2 Å². The summed E-state index contributed by atoms with van der Waals surface area (Å²) < 4.78 is 28.1. The maximum atomic E-state index is 13.0. The van der Waals surface area contributed by atoms with Crippen LogP contribution >= 0.6 is 0 Å². The van der Waals surface area contributed by atoms with Gasteiger partial charge in [0.15, 0.2) is 17.6 Å². The van der Waals surface area contributed by atoms with Crippen LogP contribution in [0.4, 0.5) is 21.9 Å². The minimum atomic E-state index is -0.879. The maximum absolute atomic E-state index is 13.0. The van der Waals surface area contributed by atoms with Crippen molar-refractivity contribution >= 4 is 29.1 Å². The molecule has 0 unspecified atom stereocenters. The molecule has 0 saturated carbocycles. The Morgan fingerprint density at radius 3 is 2.63 bits per heavy atom. The lowest BCUT2D eigenvalue weighted by atomic mass is 9.99. The van der Waals surface area contributed by atoms with E-state index in [1.54, 1.807) is 72.8 Å². The van der Waals surface area contributed by atoms with Gasteiger partial charge in [0, 0.05) is 24.4 Å². The molecule has 1 aliphatic heterocycles. The van der Waals surface area contributed by atoms with Crippen molar-refractivity contribution in [1.29, 1.82) is 0 Å². The first-order valence-corrected chi connectivity index (χ1v) is 13.0. The lowest BCUT2D eigenvalue weighted by molar-refractivity contribution is -0.111. The largest absolute Gasteiger partial charge is 0.491 e. The highest BCUT2D eigenvalue weighted by molar-refractivity contribution is 6.01. The van der Waals surface area contributed by atoms with E-state index in [0.717, 1.165) is 0 Å². The van der Waals surface area contributed by atoms with Gasteiger partial charge in [-0.2, -0.15) is 0 Å². The molecule has 3 aromatic carbocycles. The second kappa shape index (κ2) is 14.6. The van der Waals surface area contributed by atoms with Crippen molar-refractivity contribution < 1.29 is 38.4 Å². The number of hydrogen-bond acceptors (Lipinski definition) is 9. The number of aliphatic hydroxyl groups is 1. The van der Waals surface area contributed by atoms with E-state index in [0.29, 0.717) is 52.7 Å². The van der Waals surface area contributed by atoms with Crippen LogP contribution in [0.5, 0.6) is 17.2 Å². The Hall–Kier alpha value is -4.74. The SMILES string of the molecule is CO[C@H](CC/C=C/C(=O)Nc1ccccc1N)[C@H](OC(=O)Nc1ccc2c(c1)OCO2)c1ccccc1OCCO. The standard InChI is InChI=1S/C30H33N3O8/c1-37-26(12-6-7-13-28(35)33-23-10-4-3-9-22(23)31)29(21-8-2-5-11-24(21)38-17-16-34)41-30(36)32-20-14-15-25-27(18-20)40-19-39-25/h2-5,7-11,13-15,18,26,29,34H,6,12,16-17,19,31H2,1H3,(H,32,36)(H,33,35)/b13-7+/t26-,29-/m1/s1. The van der Waals surface area contributed by atoms with Crippen molar-refractivity contribution in [1.82, 2.24) is 0 Å². The Kier molecular flexibility index (Phi) is 10.4. The topological polar surface area (TPSA) is 151 Å². The number of para-hydroxylation sites is 3. The van der Waals surface area contributed by atoms with E-state index < -0.39 is 18.3 Å². The number of nitrogens with one attached hydrogen (secondary N) is 2. The first-order valence-electron chi connectivity index (χ1n) is 13.0. The molecule has 1 aliphatic rings. The van der Waals surface area contributed by atoms with Crippen molar-refractivity contribution in [2.45, 2.75) is 25.0 Å². The van der Waals surface area contributed by atoms with Crippen LogP contribution in [0.15, 0.2) is 78.9 Å². The first-order chi connectivity index (χ1) is 20.0. The molecule has 0 aliphatic carbocycles. The molecule has 11 nitrogen and oxygen atoms in total. The number of nitrogen functional groups attached to an aromatic ring is 1. The van der Waals surface area contributed by atoms with E-state index in [-0.39, 0.29) is 25.9 Å². The molecule has 0 bridgehead atoms. The van der Waals surface area contributed by atoms with Crippen molar-refractivity contribution in [3.8, 4) is 17.2 Å². The molecule has 3 aromatic rings. The molecule has 0 spiro atoms. The Morgan fingerprint density at radius 1 is 1.05 bits per heavy atom. The van der Waals surface area contributed by atoms with Gasteiger partial charge < -0.3 is 39.8 Å². The normalized spacial score (nSPS) is 13.4. The van der Waals surface area contributed by atoms with Crippen LogP contribution in [0.3, 0.4) is 0 Å². The van der Waals surface area contributed by atoms with Crippen LogP contribution in [0.25, 0.3) is 0 Å². The number of amides is 2. The molecular formula is C30H33N3O8. The number of aliphatic hydroxyl groups excluding tert-OH is 1. The van der Waals surface area contributed by atoms with Crippen LogP contribution in [-0.2, 0) is 14.3 Å². The average molecular weight is 564 g/mol. The second-order valence-corrected chi connectivity index (χ2v) is 8.96. The van der Waals surface area contributed by atoms with Gasteiger partial charge in [-0.1, -0.05) is 36.4 Å². The van der Waals surface area contributed by atoms with Gasteiger partial charge in [-0.3, -0.25) is 10.1 Å². The zero-order valence-electron chi connectivity index (χ0n) is 22.6. The molecule has 2 amide bonds. The third-order valence-corrected chi connectivity index (χ3v) is 6.17. The van der Waals surface area contributed by atoms with Gasteiger partial charge in [0.1, 0.15) is 12.4 Å². The van der Waals surface area contributed by atoms with Crippen LogP contribution in [-0.4, -0.2) is 50.3 Å². The van der Waals surface area contributed by atoms with Crippen molar-refractivity contribution in [3.05, 3.63) is 84.4 Å². The lowest BCUT2D eigenvalue weighted by Crippen LogP contribution is -2.28. The Bertz CT molecular complexity index is 1360.